The number of benzene rings is 2. The SMILES string of the molecule is CCNC(=O)[C@H](C)N(CCc1ccccc1)C(=O)COc1ccccc1C(C)(C)C. The number of likely N-dealkylation sites (N-methyl/N-ethyl adjacent to an activating group) is 1. The van der Waals surface area contributed by atoms with E-state index in [1.807, 2.05) is 61.5 Å². The summed E-state index contributed by atoms with van der Waals surface area (Å²) in [6.45, 7) is 10.8. The van der Waals surface area contributed by atoms with Gasteiger partial charge in [-0.1, -0.05) is 69.3 Å². The van der Waals surface area contributed by atoms with E-state index in [1.54, 1.807) is 11.8 Å². The van der Waals surface area contributed by atoms with Crippen LogP contribution in [0.25, 0.3) is 0 Å². The fourth-order valence-electron chi connectivity index (χ4n) is 3.33. The molecule has 2 aromatic carbocycles. The zero-order valence-corrected chi connectivity index (χ0v) is 18.8. The smallest absolute Gasteiger partial charge is 0.261 e. The van der Waals surface area contributed by atoms with Crippen molar-refractivity contribution in [3.05, 3.63) is 65.7 Å². The molecule has 0 bridgehead atoms. The van der Waals surface area contributed by atoms with E-state index in [1.165, 1.54) is 0 Å². The predicted octanol–water partition coefficient (Wildman–Crippen LogP) is 3.96. The first kappa shape index (κ1) is 23.5. The summed E-state index contributed by atoms with van der Waals surface area (Å²) in [5.41, 5.74) is 2.07. The maximum absolute atomic E-state index is 13.1. The number of nitrogens with one attached hydrogen (secondary N) is 1. The van der Waals surface area contributed by atoms with E-state index in [0.29, 0.717) is 25.3 Å². The quantitative estimate of drug-likeness (QED) is 0.681. The van der Waals surface area contributed by atoms with Gasteiger partial charge in [0.05, 0.1) is 0 Å². The van der Waals surface area contributed by atoms with Crippen molar-refractivity contribution in [3.8, 4) is 5.75 Å². The van der Waals surface area contributed by atoms with Gasteiger partial charge >= 0.3 is 0 Å². The molecule has 2 aromatic rings. The second kappa shape index (κ2) is 10.8. The summed E-state index contributed by atoms with van der Waals surface area (Å²) >= 11 is 0. The van der Waals surface area contributed by atoms with Crippen molar-refractivity contribution < 1.29 is 14.3 Å². The third-order valence-corrected chi connectivity index (χ3v) is 5.05. The topological polar surface area (TPSA) is 58.6 Å². The molecule has 1 atom stereocenters. The standard InChI is InChI=1S/C25H34N2O3/c1-6-26-24(29)19(2)27(17-16-20-12-8-7-9-13-20)23(28)18-30-22-15-11-10-14-21(22)25(3,4)5/h7-15,19H,6,16-18H2,1-5H3,(H,26,29)/t19-/m0/s1. The molecular weight excluding hydrogens is 376 g/mol. The second-order valence-corrected chi connectivity index (χ2v) is 8.43. The first-order chi connectivity index (χ1) is 14.2. The van der Waals surface area contributed by atoms with Gasteiger partial charge in [-0.15, -0.1) is 0 Å². The van der Waals surface area contributed by atoms with Crippen LogP contribution in [0.1, 0.15) is 45.7 Å². The lowest BCUT2D eigenvalue weighted by Crippen LogP contribution is -2.50. The van der Waals surface area contributed by atoms with Crippen molar-refractivity contribution in [2.75, 3.05) is 19.7 Å². The molecule has 0 spiro atoms. The molecule has 30 heavy (non-hydrogen) atoms. The van der Waals surface area contributed by atoms with Gasteiger partial charge in [0, 0.05) is 13.1 Å². The summed E-state index contributed by atoms with van der Waals surface area (Å²) in [5, 5.41) is 2.81. The highest BCUT2D eigenvalue weighted by molar-refractivity contribution is 5.87. The normalized spacial score (nSPS) is 12.2. The Bertz CT molecular complexity index is 828. The van der Waals surface area contributed by atoms with Crippen molar-refractivity contribution in [1.82, 2.24) is 10.2 Å². The number of carbonyl (C=O) groups is 2. The van der Waals surface area contributed by atoms with Crippen LogP contribution in [-0.2, 0) is 21.4 Å². The summed E-state index contributed by atoms with van der Waals surface area (Å²) in [6, 6.07) is 17.2. The van der Waals surface area contributed by atoms with Crippen LogP contribution in [0.5, 0.6) is 5.75 Å². The molecule has 0 aromatic heterocycles. The van der Waals surface area contributed by atoms with Gasteiger partial charge in [-0.3, -0.25) is 9.59 Å². The Hall–Kier alpha value is -2.82. The predicted molar refractivity (Wildman–Crippen MR) is 121 cm³/mol. The second-order valence-electron chi connectivity index (χ2n) is 8.43. The van der Waals surface area contributed by atoms with Crippen LogP contribution in [0.15, 0.2) is 54.6 Å². The molecule has 2 amide bonds. The zero-order chi connectivity index (χ0) is 22.1. The lowest BCUT2D eigenvalue weighted by atomic mass is 9.86. The van der Waals surface area contributed by atoms with Crippen molar-refractivity contribution >= 4 is 11.8 Å². The van der Waals surface area contributed by atoms with E-state index in [9.17, 15) is 9.59 Å². The molecule has 162 valence electrons. The average Bonchev–Trinajstić information content (AvgIpc) is 2.72. The summed E-state index contributed by atoms with van der Waals surface area (Å²) in [6.07, 6.45) is 0.675. The largest absolute Gasteiger partial charge is 0.483 e. The lowest BCUT2D eigenvalue weighted by molar-refractivity contribution is -0.141. The van der Waals surface area contributed by atoms with Crippen LogP contribution >= 0.6 is 0 Å². The van der Waals surface area contributed by atoms with E-state index in [2.05, 4.69) is 26.1 Å². The summed E-state index contributed by atoms with van der Waals surface area (Å²) < 4.78 is 5.93. The molecule has 0 saturated carbocycles. The molecule has 0 unspecified atom stereocenters. The van der Waals surface area contributed by atoms with E-state index in [-0.39, 0.29) is 23.8 Å². The van der Waals surface area contributed by atoms with Crippen molar-refractivity contribution in [3.63, 3.8) is 0 Å². The third-order valence-electron chi connectivity index (χ3n) is 5.05. The molecular formula is C25H34N2O3. The van der Waals surface area contributed by atoms with E-state index in [0.717, 1.165) is 11.1 Å². The molecule has 0 radical (unpaired) electrons. The van der Waals surface area contributed by atoms with E-state index in [4.69, 9.17) is 4.74 Å². The Morgan fingerprint density at radius 1 is 1.03 bits per heavy atom. The van der Waals surface area contributed by atoms with Gasteiger partial charge in [0.25, 0.3) is 5.91 Å². The van der Waals surface area contributed by atoms with E-state index >= 15 is 0 Å². The molecule has 0 aliphatic rings. The highest BCUT2D eigenvalue weighted by Gasteiger charge is 2.26. The van der Waals surface area contributed by atoms with Gasteiger partial charge in [-0.25, -0.2) is 0 Å². The molecule has 0 fully saturated rings. The molecule has 0 heterocycles. The van der Waals surface area contributed by atoms with Crippen LogP contribution in [0.2, 0.25) is 0 Å². The fraction of sp³-hybridized carbons (Fsp3) is 0.440. The number of hydrogen-bond acceptors (Lipinski definition) is 3. The maximum Gasteiger partial charge on any atom is 0.261 e. The fourth-order valence-corrected chi connectivity index (χ4v) is 3.33. The maximum atomic E-state index is 13.1. The Labute approximate surface area is 180 Å². The number of para-hydroxylation sites is 1. The van der Waals surface area contributed by atoms with Crippen LogP contribution < -0.4 is 10.1 Å². The molecule has 1 N–H and O–H groups in total. The number of carbonyl (C=O) groups excluding carboxylic acids is 2. The lowest BCUT2D eigenvalue weighted by Gasteiger charge is -2.29. The number of rotatable bonds is 9. The average molecular weight is 411 g/mol. The van der Waals surface area contributed by atoms with Gasteiger partial charge in [0.2, 0.25) is 5.91 Å². The third kappa shape index (κ3) is 6.61. The minimum atomic E-state index is -0.567. The first-order valence-corrected chi connectivity index (χ1v) is 10.6. The first-order valence-electron chi connectivity index (χ1n) is 10.6. The summed E-state index contributed by atoms with van der Waals surface area (Å²) in [4.78, 5) is 27.1. The van der Waals surface area contributed by atoms with Gasteiger partial charge in [0.1, 0.15) is 11.8 Å². The van der Waals surface area contributed by atoms with Gasteiger partial charge < -0.3 is 15.0 Å². The van der Waals surface area contributed by atoms with Crippen molar-refractivity contribution in [2.45, 2.75) is 52.5 Å². The van der Waals surface area contributed by atoms with Gasteiger partial charge in [0.15, 0.2) is 6.61 Å². The summed E-state index contributed by atoms with van der Waals surface area (Å²) in [7, 11) is 0. The molecule has 0 aliphatic carbocycles. The highest BCUT2D eigenvalue weighted by atomic mass is 16.5. The number of hydrogen-bond donors (Lipinski definition) is 1. The number of nitrogens with zero attached hydrogens (tertiary/aromatic N) is 1. The van der Waals surface area contributed by atoms with Crippen LogP contribution in [0.4, 0.5) is 0 Å². The number of amides is 2. The van der Waals surface area contributed by atoms with Crippen LogP contribution in [0.3, 0.4) is 0 Å². The molecule has 5 heteroatoms. The minimum Gasteiger partial charge on any atom is -0.483 e. The van der Waals surface area contributed by atoms with Crippen LogP contribution in [0, 0.1) is 0 Å². The summed E-state index contributed by atoms with van der Waals surface area (Å²) in [5.74, 6) is 0.342. The highest BCUT2D eigenvalue weighted by Crippen LogP contribution is 2.30. The zero-order valence-electron chi connectivity index (χ0n) is 18.8. The van der Waals surface area contributed by atoms with E-state index < -0.39 is 6.04 Å². The molecule has 0 saturated heterocycles. The van der Waals surface area contributed by atoms with Crippen molar-refractivity contribution in [1.29, 1.82) is 0 Å². The minimum absolute atomic E-state index is 0.0963. The molecule has 2 rings (SSSR count). The Kier molecular flexibility index (Phi) is 8.46. The monoisotopic (exact) mass is 410 g/mol. The number of ether oxygens (including phenoxy) is 1. The Morgan fingerprint density at radius 2 is 1.67 bits per heavy atom. The van der Waals surface area contributed by atoms with Crippen molar-refractivity contribution in [2.24, 2.45) is 0 Å². The Morgan fingerprint density at radius 3 is 2.30 bits per heavy atom. The molecule has 0 aliphatic heterocycles. The van der Waals surface area contributed by atoms with Crippen LogP contribution in [-0.4, -0.2) is 42.5 Å². The van der Waals surface area contributed by atoms with Gasteiger partial charge in [-0.2, -0.15) is 0 Å². The Balaban J connectivity index is 2.13. The van der Waals surface area contributed by atoms with Gasteiger partial charge in [-0.05, 0) is 42.9 Å². The molecule has 5 nitrogen and oxygen atoms in total.